The Morgan fingerprint density at radius 1 is 1.18 bits per heavy atom. The number of nitrogens with zero attached hydrogens (tertiary/aromatic N) is 3. The number of H-pyrrole nitrogens is 1. The highest BCUT2D eigenvalue weighted by atomic mass is 32.2. The maximum Gasteiger partial charge on any atom is 0.262 e. The highest BCUT2D eigenvalue weighted by Gasteiger charge is 2.26. The lowest BCUT2D eigenvalue weighted by Gasteiger charge is -2.19. The van der Waals surface area contributed by atoms with E-state index >= 15 is 0 Å². The van der Waals surface area contributed by atoms with Crippen molar-refractivity contribution in [3.8, 4) is 0 Å². The lowest BCUT2D eigenvalue weighted by molar-refractivity contribution is 0.0988. The monoisotopic (exact) mass is 482 g/mol. The summed E-state index contributed by atoms with van der Waals surface area (Å²) < 4.78 is 1.70. The van der Waals surface area contributed by atoms with Crippen molar-refractivity contribution in [3.05, 3.63) is 57.1 Å². The normalized spacial score (nSPS) is 12.4. The number of benzene rings is 1. The molecular formula is C26H34N4O3S. The molecule has 3 rings (SSSR count). The lowest BCUT2D eigenvalue weighted by Crippen LogP contribution is -2.29. The minimum Gasteiger partial charge on any atom is -0.355 e. The van der Waals surface area contributed by atoms with Gasteiger partial charge >= 0.3 is 0 Å². The van der Waals surface area contributed by atoms with E-state index in [0.29, 0.717) is 45.1 Å². The zero-order chi connectivity index (χ0) is 25.0. The van der Waals surface area contributed by atoms with Crippen LogP contribution in [-0.2, 0) is 6.54 Å². The van der Waals surface area contributed by atoms with Crippen LogP contribution >= 0.6 is 11.8 Å². The Kier molecular flexibility index (Phi) is 8.49. The molecule has 182 valence electrons. The van der Waals surface area contributed by atoms with Gasteiger partial charge in [0.2, 0.25) is 0 Å². The summed E-state index contributed by atoms with van der Waals surface area (Å²) in [5.41, 5.74) is 2.92. The van der Waals surface area contributed by atoms with Crippen LogP contribution in [0.15, 0.2) is 34.2 Å². The molecule has 34 heavy (non-hydrogen) atoms. The van der Waals surface area contributed by atoms with Gasteiger partial charge in [0.15, 0.2) is 16.7 Å². The average Bonchev–Trinajstić information content (AvgIpc) is 3.11. The van der Waals surface area contributed by atoms with Crippen molar-refractivity contribution >= 4 is 34.2 Å². The molecule has 0 aliphatic rings. The van der Waals surface area contributed by atoms with Crippen LogP contribution in [0, 0.1) is 13.8 Å². The Morgan fingerprint density at radius 3 is 2.47 bits per heavy atom. The first-order chi connectivity index (χ1) is 16.2. The van der Waals surface area contributed by atoms with E-state index in [1.165, 1.54) is 18.7 Å². The third-order valence-electron chi connectivity index (χ3n) is 6.26. The summed E-state index contributed by atoms with van der Waals surface area (Å²) in [5.74, 6) is -0.181. The molecule has 0 aliphatic carbocycles. The fourth-order valence-corrected chi connectivity index (χ4v) is 5.36. The van der Waals surface area contributed by atoms with Crippen LogP contribution in [0.3, 0.4) is 0 Å². The number of Topliss-reactive ketones (excluding diaryl/α,β-unsaturated/α-hetero) is 2. The van der Waals surface area contributed by atoms with Crippen molar-refractivity contribution < 1.29 is 9.59 Å². The van der Waals surface area contributed by atoms with Gasteiger partial charge in [-0.3, -0.25) is 19.0 Å². The average molecular weight is 483 g/mol. The van der Waals surface area contributed by atoms with Gasteiger partial charge in [-0.2, -0.15) is 0 Å². The van der Waals surface area contributed by atoms with Gasteiger partial charge in [-0.1, -0.05) is 37.7 Å². The zero-order valence-corrected chi connectivity index (χ0v) is 21.7. The lowest BCUT2D eigenvalue weighted by atomic mass is 10.0. The van der Waals surface area contributed by atoms with E-state index in [1.54, 1.807) is 24.5 Å². The van der Waals surface area contributed by atoms with Crippen molar-refractivity contribution in [1.82, 2.24) is 19.4 Å². The summed E-state index contributed by atoms with van der Waals surface area (Å²) >= 11 is 1.29. The fourth-order valence-electron chi connectivity index (χ4n) is 4.37. The standard InChI is InChI=1S/C26H34N4O3S/c1-7-29(8-2)14-11-15-30-25(33)20-12-9-10-13-21(20)28-26(30)34-19(6)24(32)23-16(3)22(18(5)31)17(4)27-23/h9-10,12-13,19,27H,7-8,11,14-15H2,1-6H3. The van der Waals surface area contributed by atoms with Gasteiger partial charge in [0.25, 0.3) is 5.56 Å². The summed E-state index contributed by atoms with van der Waals surface area (Å²) in [7, 11) is 0. The van der Waals surface area contributed by atoms with Crippen molar-refractivity contribution in [3.63, 3.8) is 0 Å². The molecule has 1 aromatic carbocycles. The molecule has 0 saturated heterocycles. The number of rotatable bonds is 11. The van der Waals surface area contributed by atoms with Crippen LogP contribution in [-0.4, -0.2) is 55.9 Å². The third-order valence-corrected chi connectivity index (χ3v) is 7.35. The molecule has 0 bridgehead atoms. The highest BCUT2D eigenvalue weighted by molar-refractivity contribution is 8.00. The molecule has 2 aromatic heterocycles. The maximum atomic E-state index is 13.3. The maximum absolute atomic E-state index is 13.3. The van der Waals surface area contributed by atoms with Crippen LogP contribution < -0.4 is 5.56 Å². The van der Waals surface area contributed by atoms with Gasteiger partial charge in [-0.15, -0.1) is 0 Å². The van der Waals surface area contributed by atoms with Crippen LogP contribution in [0.1, 0.15) is 66.2 Å². The molecule has 1 N–H and O–H groups in total. The second-order valence-corrected chi connectivity index (χ2v) is 9.86. The van der Waals surface area contributed by atoms with Crippen molar-refractivity contribution in [2.24, 2.45) is 0 Å². The summed E-state index contributed by atoms with van der Waals surface area (Å²) in [5, 5.41) is 0.631. The molecule has 0 fully saturated rings. The van der Waals surface area contributed by atoms with Gasteiger partial charge in [-0.25, -0.2) is 4.98 Å². The molecule has 0 radical (unpaired) electrons. The van der Waals surface area contributed by atoms with Gasteiger partial charge < -0.3 is 9.88 Å². The number of hydrogen-bond acceptors (Lipinski definition) is 6. The number of para-hydroxylation sites is 1. The first-order valence-electron chi connectivity index (χ1n) is 11.8. The Hall–Kier alpha value is -2.71. The molecule has 7 nitrogen and oxygen atoms in total. The van der Waals surface area contributed by atoms with Crippen LogP contribution in [0.2, 0.25) is 0 Å². The van der Waals surface area contributed by atoms with Crippen molar-refractivity contribution in [2.75, 3.05) is 19.6 Å². The Balaban J connectivity index is 1.93. The predicted octanol–water partition coefficient (Wildman–Crippen LogP) is 4.64. The van der Waals surface area contributed by atoms with E-state index in [2.05, 4.69) is 23.7 Å². The molecule has 8 heteroatoms. The van der Waals surface area contributed by atoms with Crippen molar-refractivity contribution in [2.45, 2.75) is 64.9 Å². The van der Waals surface area contributed by atoms with E-state index in [9.17, 15) is 14.4 Å². The first-order valence-corrected chi connectivity index (χ1v) is 12.7. The predicted molar refractivity (Wildman–Crippen MR) is 138 cm³/mol. The molecule has 1 atom stereocenters. The number of ketones is 2. The molecule has 3 aromatic rings. The van der Waals surface area contributed by atoms with E-state index in [-0.39, 0.29) is 17.1 Å². The molecule has 2 heterocycles. The molecule has 1 unspecified atom stereocenters. The minimum absolute atomic E-state index is 0.0659. The largest absolute Gasteiger partial charge is 0.355 e. The summed E-state index contributed by atoms with van der Waals surface area (Å²) in [4.78, 5) is 48.8. The van der Waals surface area contributed by atoms with Gasteiger partial charge in [0.05, 0.1) is 21.8 Å². The Bertz CT molecular complexity index is 1260. The second kappa shape index (κ2) is 11.1. The topological polar surface area (TPSA) is 88.1 Å². The van der Waals surface area contributed by atoms with Gasteiger partial charge in [-0.05, 0) is 71.4 Å². The number of thioether (sulfide) groups is 1. The molecule has 0 spiro atoms. The van der Waals surface area contributed by atoms with E-state index in [1.807, 2.05) is 25.1 Å². The Morgan fingerprint density at radius 2 is 1.85 bits per heavy atom. The number of carbonyl (C=O) groups excluding carboxylic acids is 2. The molecule has 0 amide bonds. The quantitative estimate of drug-likeness (QED) is 0.243. The second-order valence-electron chi connectivity index (χ2n) is 8.55. The van der Waals surface area contributed by atoms with E-state index < -0.39 is 5.25 Å². The number of nitrogens with one attached hydrogen (secondary N) is 1. The smallest absolute Gasteiger partial charge is 0.262 e. The summed E-state index contributed by atoms with van der Waals surface area (Å²) in [6.45, 7) is 14.5. The van der Waals surface area contributed by atoms with Crippen LogP contribution in [0.25, 0.3) is 10.9 Å². The SMILES string of the molecule is CCN(CC)CCCn1c(SC(C)C(=O)c2[nH]c(C)c(C(C)=O)c2C)nc2ccccc2c1=O. The fraction of sp³-hybridized carbons (Fsp3) is 0.462. The molecular weight excluding hydrogens is 448 g/mol. The number of hydrogen-bond donors (Lipinski definition) is 1. The number of aromatic amines is 1. The van der Waals surface area contributed by atoms with Crippen LogP contribution in [0.5, 0.6) is 0 Å². The third kappa shape index (κ3) is 5.33. The highest BCUT2D eigenvalue weighted by Crippen LogP contribution is 2.27. The minimum atomic E-state index is -0.487. The summed E-state index contributed by atoms with van der Waals surface area (Å²) in [6.07, 6.45) is 0.814. The van der Waals surface area contributed by atoms with Crippen molar-refractivity contribution in [1.29, 1.82) is 0 Å². The number of aryl methyl sites for hydroxylation is 1. The number of fused-ring (bicyclic) bond motifs is 1. The van der Waals surface area contributed by atoms with Gasteiger partial charge in [0, 0.05) is 17.8 Å². The zero-order valence-electron chi connectivity index (χ0n) is 20.9. The first kappa shape index (κ1) is 25.9. The molecule has 0 aliphatic heterocycles. The van der Waals surface area contributed by atoms with E-state index in [4.69, 9.17) is 4.98 Å². The summed E-state index contributed by atoms with van der Waals surface area (Å²) in [6, 6.07) is 7.32. The Labute approximate surface area is 205 Å². The van der Waals surface area contributed by atoms with Gasteiger partial charge in [0.1, 0.15) is 0 Å². The number of carbonyl (C=O) groups is 2. The number of aromatic nitrogens is 3. The molecule has 0 saturated carbocycles. The van der Waals surface area contributed by atoms with Crippen LogP contribution in [0.4, 0.5) is 0 Å². The van der Waals surface area contributed by atoms with E-state index in [0.717, 1.165) is 26.1 Å².